The molecule has 0 radical (unpaired) electrons. The Balaban J connectivity index is 1.61. The molecular formula is C31H41IN4O6. The number of benzene rings is 2. The van der Waals surface area contributed by atoms with E-state index in [0.29, 0.717) is 37.9 Å². The number of nitrogens with zero attached hydrogens (tertiary/aromatic N) is 1. The molecule has 228 valence electrons. The highest BCUT2D eigenvalue weighted by molar-refractivity contribution is 14.2. The van der Waals surface area contributed by atoms with Gasteiger partial charge >= 0.3 is 0 Å². The minimum atomic E-state index is -1.31. The smallest absolute Gasteiger partial charge is 0.245 e. The monoisotopic (exact) mass is 692 g/mol. The number of amides is 3. The normalized spacial score (nSPS) is 28.8. The molecule has 3 unspecified atom stereocenters. The number of halogens is 1. The lowest BCUT2D eigenvalue weighted by Gasteiger charge is -2.31. The van der Waals surface area contributed by atoms with Gasteiger partial charge in [-0.3, -0.25) is 14.4 Å². The van der Waals surface area contributed by atoms with E-state index in [9.17, 15) is 24.6 Å². The Hall–Kier alpha value is -2.87. The Labute approximate surface area is 257 Å². The van der Waals surface area contributed by atoms with Crippen molar-refractivity contribution in [2.45, 2.75) is 69.5 Å². The van der Waals surface area contributed by atoms with Crippen LogP contribution in [0.15, 0.2) is 48.5 Å². The molecule has 5 N–H and O–H groups in total. The molecule has 1 saturated carbocycles. The summed E-state index contributed by atoms with van der Waals surface area (Å²) in [6, 6.07) is 12.0. The van der Waals surface area contributed by atoms with Gasteiger partial charge in [-0.15, -0.1) is 0 Å². The Kier molecular flexibility index (Phi) is 11.1. The molecule has 0 saturated heterocycles. The molecule has 10 nitrogen and oxygen atoms in total. The highest BCUT2D eigenvalue weighted by Crippen LogP contribution is 2.34. The molecule has 2 aromatic rings. The first kappa shape index (κ1) is 32.1. The number of aryl methyl sites for hydroxylation is 1. The van der Waals surface area contributed by atoms with Gasteiger partial charge in [0.15, 0.2) is 0 Å². The number of ether oxygens (including phenoxy) is 1. The largest absolute Gasteiger partial charge is 0.489 e. The van der Waals surface area contributed by atoms with Crippen LogP contribution >= 0.6 is 20.7 Å². The van der Waals surface area contributed by atoms with Crippen LogP contribution in [0.1, 0.15) is 43.9 Å². The first-order chi connectivity index (χ1) is 20.1. The molecule has 42 heavy (non-hydrogen) atoms. The predicted octanol–water partition coefficient (Wildman–Crippen LogP) is 1.49. The number of aliphatic hydroxyl groups is 2. The number of carbonyl (C=O) groups excluding carboxylic acids is 3. The van der Waals surface area contributed by atoms with Crippen LogP contribution < -0.4 is 20.7 Å². The lowest BCUT2D eigenvalue weighted by Crippen LogP contribution is -2.58. The molecular weight excluding hydrogens is 651 g/mol. The lowest BCUT2D eigenvalue weighted by atomic mass is 10.0. The quantitative estimate of drug-likeness (QED) is 0.306. The van der Waals surface area contributed by atoms with Gasteiger partial charge in [-0.05, 0) is 62.4 Å². The van der Waals surface area contributed by atoms with Crippen LogP contribution in [0, 0.1) is 9.49 Å². The lowest BCUT2D eigenvalue weighted by molar-refractivity contribution is -0.142. The Morgan fingerprint density at radius 3 is 2.43 bits per heavy atom. The van der Waals surface area contributed by atoms with Gasteiger partial charge in [0.1, 0.15) is 30.0 Å². The third-order valence-corrected chi connectivity index (χ3v) is 9.52. The highest BCUT2D eigenvalue weighted by Gasteiger charge is 2.47. The van der Waals surface area contributed by atoms with Crippen LogP contribution in [0.2, 0.25) is 0 Å². The number of hydrogen-bond acceptors (Lipinski definition) is 7. The van der Waals surface area contributed by atoms with Crippen molar-refractivity contribution in [1.29, 1.82) is 0 Å². The van der Waals surface area contributed by atoms with E-state index in [2.05, 4.69) is 20.5 Å². The molecule has 11 heteroatoms. The summed E-state index contributed by atoms with van der Waals surface area (Å²) in [5.41, 5.74) is 1.47. The van der Waals surface area contributed by atoms with E-state index in [1.165, 1.54) is 11.9 Å². The summed E-state index contributed by atoms with van der Waals surface area (Å²) in [5.74, 6) is -0.989. The fourth-order valence-corrected chi connectivity index (χ4v) is 5.91. The van der Waals surface area contributed by atoms with E-state index in [-0.39, 0.29) is 38.7 Å². The molecule has 3 amide bonds. The average Bonchev–Trinajstić information content (AvgIpc) is 3.72. The summed E-state index contributed by atoms with van der Waals surface area (Å²) in [7, 11) is 1.52. The summed E-state index contributed by atoms with van der Waals surface area (Å²) in [6.07, 6.45) is -0.432. The van der Waals surface area contributed by atoms with Crippen LogP contribution in [0.4, 0.5) is 0 Å². The minimum Gasteiger partial charge on any atom is -0.489 e. The van der Waals surface area contributed by atoms with Crippen molar-refractivity contribution < 1.29 is 29.3 Å². The second-order valence-corrected chi connectivity index (χ2v) is 13.0. The van der Waals surface area contributed by atoms with Gasteiger partial charge in [0.05, 0.1) is 12.1 Å². The zero-order valence-electron chi connectivity index (χ0n) is 24.3. The second kappa shape index (κ2) is 14.5. The van der Waals surface area contributed by atoms with Crippen LogP contribution in [-0.2, 0) is 20.8 Å². The molecule has 1 aliphatic heterocycles. The van der Waals surface area contributed by atoms with Gasteiger partial charge in [-0.1, -0.05) is 55.6 Å². The summed E-state index contributed by atoms with van der Waals surface area (Å²) in [6.45, 7) is 4.17. The third kappa shape index (κ3) is 7.94. The molecule has 1 heterocycles. The maximum atomic E-state index is 13.6. The van der Waals surface area contributed by atoms with Crippen LogP contribution in [0.3, 0.4) is 0 Å². The van der Waals surface area contributed by atoms with Gasteiger partial charge in [0, 0.05) is 29.6 Å². The third-order valence-electron chi connectivity index (χ3n) is 7.92. The minimum absolute atomic E-state index is 0.270. The Morgan fingerprint density at radius 2 is 1.76 bits per heavy atom. The number of aliphatic hydroxyl groups excluding tert-OH is 2. The van der Waals surface area contributed by atoms with Crippen molar-refractivity contribution in [2.75, 3.05) is 20.1 Å². The first-order valence-electron chi connectivity index (χ1n) is 14.3. The van der Waals surface area contributed by atoms with E-state index >= 15 is 0 Å². The van der Waals surface area contributed by atoms with E-state index < -0.39 is 42.1 Å². The summed E-state index contributed by atoms with van der Waals surface area (Å²) in [5, 5.41) is 30.2. The molecule has 1 aliphatic carbocycles. The first-order valence-corrected chi connectivity index (χ1v) is 16.9. The van der Waals surface area contributed by atoms with Crippen molar-refractivity contribution in [3.63, 3.8) is 0 Å². The number of carbonyl (C=O) groups is 3. The zero-order valence-corrected chi connectivity index (χ0v) is 26.4. The number of nitrogens with one attached hydrogen (secondary N) is 3. The maximum absolute atomic E-state index is 13.6. The van der Waals surface area contributed by atoms with Crippen molar-refractivity contribution in [3.8, 4) is 5.75 Å². The van der Waals surface area contributed by atoms with Crippen LogP contribution in [0.5, 0.6) is 5.75 Å². The Bertz CT molecular complexity index is 1270. The van der Waals surface area contributed by atoms with E-state index in [0.717, 1.165) is 14.9 Å². The van der Waals surface area contributed by atoms with Gasteiger partial charge in [0.25, 0.3) is 0 Å². The topological polar surface area (TPSA) is 140 Å². The summed E-state index contributed by atoms with van der Waals surface area (Å²) < 4.78 is 11.3. The number of rotatable bonds is 4. The number of fused-ring (bicyclic) bond motifs is 1. The number of hydrogen-bond donors (Lipinski definition) is 5. The van der Waals surface area contributed by atoms with E-state index in [1.807, 2.05) is 43.3 Å². The summed E-state index contributed by atoms with van der Waals surface area (Å²) in [4.78, 5) is 41.7. The highest BCUT2D eigenvalue weighted by atomic mass is 127. The fourth-order valence-electron chi connectivity index (χ4n) is 5.05. The Morgan fingerprint density at radius 1 is 1.07 bits per heavy atom. The van der Waals surface area contributed by atoms with Crippen molar-refractivity contribution in [1.82, 2.24) is 20.9 Å². The number of para-hydroxylation sites is 1. The number of likely N-dealkylation sites (N-methyl/N-ethyl adjacent to an activating group) is 1. The van der Waals surface area contributed by atoms with Crippen molar-refractivity contribution in [3.05, 3.63) is 63.2 Å². The van der Waals surface area contributed by atoms with Crippen LogP contribution in [0.25, 0.3) is 0 Å². The fraction of sp³-hybridized carbons (Fsp3) is 0.484. The van der Waals surface area contributed by atoms with Gasteiger partial charge < -0.3 is 35.8 Å². The molecule has 2 aromatic carbocycles. The van der Waals surface area contributed by atoms with E-state index in [4.69, 9.17) is 4.74 Å². The molecule has 2 aliphatic rings. The van der Waals surface area contributed by atoms with Gasteiger partial charge in [0.2, 0.25) is 17.7 Å². The van der Waals surface area contributed by atoms with Gasteiger partial charge in [-0.25, -0.2) is 0 Å². The molecule has 0 aromatic heterocycles. The molecule has 0 spiro atoms. The molecule has 7 atom stereocenters. The van der Waals surface area contributed by atoms with Crippen molar-refractivity contribution >= 4 is 43.0 Å². The van der Waals surface area contributed by atoms with E-state index in [1.54, 1.807) is 19.1 Å². The molecule has 1 fully saturated rings. The molecule has 4 rings (SSSR count). The van der Waals surface area contributed by atoms with Gasteiger partial charge in [-0.2, -0.15) is 0 Å². The average molecular weight is 693 g/mol. The zero-order chi connectivity index (χ0) is 30.4. The predicted molar refractivity (Wildman–Crippen MR) is 169 cm³/mol. The van der Waals surface area contributed by atoms with Crippen molar-refractivity contribution in [2.24, 2.45) is 5.92 Å². The SMILES string of the molecule is C=Ic1ccc(C(O)[C@H]2NC(=O)[C@@H](C)N(C)C(=O)[C@H](C3CC3O)NC[C@@H](C)Oc3ccccc3CCCNC2=O)cc1. The summed E-state index contributed by atoms with van der Waals surface area (Å²) >= 11 is -0.380. The standard InChI is InChI=1S/C31H41IN4O6/c1-18-17-34-26(23-16-24(23)37)31(41)36(4)19(2)29(39)35-27(28(38)21-11-13-22(32-3)14-12-21)30(40)33-15-7-9-20-8-5-6-10-25(20)42-18/h5-6,8,10-14,18-19,23-24,26-28,34,37-38H,3,7,9,15-17H2,1-2,4H3,(H,33,40)(H,35,39)/t18-,19-,23?,24?,26+,27-,28?/m1/s1. The maximum Gasteiger partial charge on any atom is 0.245 e. The van der Waals surface area contributed by atoms with Crippen LogP contribution in [-0.4, -0.2) is 87.8 Å². The second-order valence-electron chi connectivity index (χ2n) is 11.0. The molecule has 0 bridgehead atoms.